The molecule has 1 aliphatic rings. The molecule has 1 amide bonds. The lowest BCUT2D eigenvalue weighted by atomic mass is 10.00. The van der Waals surface area contributed by atoms with Crippen LogP contribution in [0, 0.1) is 0 Å². The number of aromatic nitrogens is 2. The van der Waals surface area contributed by atoms with Crippen LogP contribution in [0.5, 0.6) is 0 Å². The zero-order valence-electron chi connectivity index (χ0n) is 11.2. The van der Waals surface area contributed by atoms with Crippen molar-refractivity contribution < 1.29 is 9.90 Å². The van der Waals surface area contributed by atoms with Crippen LogP contribution in [0.4, 0.5) is 0 Å². The first kappa shape index (κ1) is 13.1. The van der Waals surface area contributed by atoms with Gasteiger partial charge in [0.2, 0.25) is 0 Å². The van der Waals surface area contributed by atoms with E-state index in [0.29, 0.717) is 12.1 Å². The summed E-state index contributed by atoms with van der Waals surface area (Å²) in [5, 5.41) is 13.5. The number of fused-ring (bicyclic) bond motifs is 1. The van der Waals surface area contributed by atoms with Crippen LogP contribution in [0.15, 0.2) is 24.4 Å². The maximum Gasteiger partial charge on any atom is 0.252 e. The minimum Gasteiger partial charge on any atom is -0.395 e. The number of nitrogens with two attached hydrogens (primary N) is 1. The van der Waals surface area contributed by atoms with Gasteiger partial charge in [0.15, 0.2) is 0 Å². The average Bonchev–Trinajstić information content (AvgIpc) is 3.02. The van der Waals surface area contributed by atoms with E-state index >= 15 is 0 Å². The topological polar surface area (TPSA) is 83.9 Å². The first-order valence-electron chi connectivity index (χ1n) is 6.81. The standard InChI is InChI=1S/C14H18N4O2/c15-14(20)12-11-3-1-2-5-18(11)16-13(12)10-4-6-17(9-10)7-8-19/h1-3,5,10,19H,4,6-9H2,(H2,15,20)/t10-/m0/s1. The number of carbonyl (C=O) groups excluding carboxylic acids is 1. The van der Waals surface area contributed by atoms with Crippen molar-refractivity contribution in [2.75, 3.05) is 26.2 Å². The number of likely N-dealkylation sites (tertiary alicyclic amines) is 1. The van der Waals surface area contributed by atoms with Gasteiger partial charge in [-0.1, -0.05) is 6.07 Å². The Morgan fingerprint density at radius 1 is 1.50 bits per heavy atom. The van der Waals surface area contributed by atoms with Crippen LogP contribution in [0.2, 0.25) is 0 Å². The quantitative estimate of drug-likeness (QED) is 0.835. The highest BCUT2D eigenvalue weighted by atomic mass is 16.3. The van der Waals surface area contributed by atoms with Crippen LogP contribution in [0.25, 0.3) is 5.52 Å². The molecule has 6 heteroatoms. The monoisotopic (exact) mass is 274 g/mol. The van der Waals surface area contributed by atoms with Gasteiger partial charge in [0.1, 0.15) is 0 Å². The molecule has 106 valence electrons. The molecule has 1 fully saturated rings. The lowest BCUT2D eigenvalue weighted by Gasteiger charge is -2.13. The van der Waals surface area contributed by atoms with Gasteiger partial charge in [0.25, 0.3) is 5.91 Å². The van der Waals surface area contributed by atoms with Gasteiger partial charge in [0.05, 0.1) is 23.4 Å². The zero-order chi connectivity index (χ0) is 14.1. The van der Waals surface area contributed by atoms with Crippen molar-refractivity contribution in [1.29, 1.82) is 0 Å². The maximum absolute atomic E-state index is 11.8. The number of nitrogens with zero attached hydrogens (tertiary/aromatic N) is 3. The third kappa shape index (κ3) is 2.17. The molecule has 0 aromatic carbocycles. The molecular formula is C14H18N4O2. The largest absolute Gasteiger partial charge is 0.395 e. The van der Waals surface area contributed by atoms with E-state index in [1.54, 1.807) is 4.52 Å². The number of primary amides is 1. The molecule has 6 nitrogen and oxygen atoms in total. The summed E-state index contributed by atoms with van der Waals surface area (Å²) in [6.45, 7) is 2.54. The molecule has 0 unspecified atom stereocenters. The van der Waals surface area contributed by atoms with E-state index in [1.165, 1.54) is 0 Å². The van der Waals surface area contributed by atoms with Crippen LogP contribution >= 0.6 is 0 Å². The van der Waals surface area contributed by atoms with Crippen LogP contribution in [0.1, 0.15) is 28.4 Å². The molecule has 0 radical (unpaired) electrons. The van der Waals surface area contributed by atoms with Crippen molar-refractivity contribution in [2.45, 2.75) is 12.3 Å². The summed E-state index contributed by atoms with van der Waals surface area (Å²) in [6, 6.07) is 5.61. The number of β-amino-alcohol motifs (C(OH)–C–C–N with tert-alkyl or cyclic N) is 1. The molecule has 0 aliphatic carbocycles. The summed E-state index contributed by atoms with van der Waals surface area (Å²) in [5.74, 6) is -0.231. The Morgan fingerprint density at radius 3 is 3.10 bits per heavy atom. The Balaban J connectivity index is 1.99. The normalized spacial score (nSPS) is 19.8. The third-order valence-corrected chi connectivity index (χ3v) is 3.89. The molecule has 0 spiro atoms. The van der Waals surface area contributed by atoms with Crippen molar-refractivity contribution in [2.24, 2.45) is 5.73 Å². The van der Waals surface area contributed by atoms with Gasteiger partial charge in [0, 0.05) is 25.2 Å². The van der Waals surface area contributed by atoms with E-state index in [0.717, 1.165) is 30.7 Å². The number of carbonyl (C=O) groups is 1. The molecule has 0 saturated carbocycles. The Morgan fingerprint density at radius 2 is 2.35 bits per heavy atom. The predicted octanol–water partition coefficient (Wildman–Crippen LogP) is 0.215. The van der Waals surface area contributed by atoms with E-state index in [1.807, 2.05) is 24.4 Å². The fourth-order valence-electron chi connectivity index (χ4n) is 2.96. The van der Waals surface area contributed by atoms with Crippen LogP contribution in [-0.4, -0.2) is 51.8 Å². The minimum atomic E-state index is -0.429. The number of aliphatic hydroxyl groups is 1. The van der Waals surface area contributed by atoms with Crippen LogP contribution in [-0.2, 0) is 0 Å². The van der Waals surface area contributed by atoms with Gasteiger partial charge >= 0.3 is 0 Å². The molecule has 3 N–H and O–H groups in total. The van der Waals surface area contributed by atoms with E-state index < -0.39 is 5.91 Å². The summed E-state index contributed by atoms with van der Waals surface area (Å²) in [7, 11) is 0. The van der Waals surface area contributed by atoms with Crippen LogP contribution < -0.4 is 5.73 Å². The lowest BCUT2D eigenvalue weighted by Crippen LogP contribution is -2.24. The molecule has 1 aliphatic heterocycles. The molecule has 1 saturated heterocycles. The second-order valence-electron chi connectivity index (χ2n) is 5.16. The average molecular weight is 274 g/mol. The van der Waals surface area contributed by atoms with Crippen molar-refractivity contribution in [3.8, 4) is 0 Å². The van der Waals surface area contributed by atoms with Gasteiger partial charge in [-0.05, 0) is 25.1 Å². The van der Waals surface area contributed by atoms with Crippen LogP contribution in [0.3, 0.4) is 0 Å². The molecule has 3 heterocycles. The Labute approximate surface area is 116 Å². The van der Waals surface area contributed by atoms with Gasteiger partial charge < -0.3 is 15.7 Å². The highest BCUT2D eigenvalue weighted by molar-refractivity contribution is 6.01. The van der Waals surface area contributed by atoms with E-state index in [-0.39, 0.29) is 12.5 Å². The lowest BCUT2D eigenvalue weighted by molar-refractivity contribution is 0.100. The number of aliphatic hydroxyl groups excluding tert-OH is 1. The Kier molecular flexibility index (Phi) is 3.42. The summed E-state index contributed by atoms with van der Waals surface area (Å²) in [6.07, 6.45) is 2.76. The summed E-state index contributed by atoms with van der Waals surface area (Å²) >= 11 is 0. The van der Waals surface area contributed by atoms with Crippen molar-refractivity contribution in [3.05, 3.63) is 35.7 Å². The summed E-state index contributed by atoms with van der Waals surface area (Å²) in [4.78, 5) is 14.0. The third-order valence-electron chi connectivity index (χ3n) is 3.89. The molecular weight excluding hydrogens is 256 g/mol. The zero-order valence-corrected chi connectivity index (χ0v) is 11.2. The number of hydrogen-bond acceptors (Lipinski definition) is 4. The predicted molar refractivity (Wildman–Crippen MR) is 74.6 cm³/mol. The fourth-order valence-corrected chi connectivity index (χ4v) is 2.96. The van der Waals surface area contributed by atoms with Gasteiger partial charge in [-0.2, -0.15) is 5.10 Å². The van der Waals surface area contributed by atoms with Crippen molar-refractivity contribution in [3.63, 3.8) is 0 Å². The summed E-state index contributed by atoms with van der Waals surface area (Å²) in [5.41, 5.74) is 7.61. The molecule has 3 rings (SSSR count). The smallest absolute Gasteiger partial charge is 0.252 e. The highest BCUT2D eigenvalue weighted by Crippen LogP contribution is 2.30. The molecule has 20 heavy (non-hydrogen) atoms. The molecule has 2 aromatic rings. The molecule has 2 aromatic heterocycles. The van der Waals surface area contributed by atoms with E-state index in [2.05, 4.69) is 10.00 Å². The van der Waals surface area contributed by atoms with E-state index in [4.69, 9.17) is 10.8 Å². The van der Waals surface area contributed by atoms with Gasteiger partial charge in [-0.3, -0.25) is 4.79 Å². The highest BCUT2D eigenvalue weighted by Gasteiger charge is 2.30. The van der Waals surface area contributed by atoms with Crippen molar-refractivity contribution in [1.82, 2.24) is 14.5 Å². The number of hydrogen-bond donors (Lipinski definition) is 2. The maximum atomic E-state index is 11.8. The Hall–Kier alpha value is -1.92. The van der Waals surface area contributed by atoms with Crippen molar-refractivity contribution >= 4 is 11.4 Å². The summed E-state index contributed by atoms with van der Waals surface area (Å²) < 4.78 is 1.71. The first-order chi connectivity index (χ1) is 9.70. The van der Waals surface area contributed by atoms with Gasteiger partial charge in [-0.25, -0.2) is 4.52 Å². The number of rotatable bonds is 4. The molecule has 1 atom stereocenters. The Bertz CT molecular complexity index is 637. The fraction of sp³-hybridized carbons (Fsp3) is 0.429. The molecule has 0 bridgehead atoms. The second kappa shape index (κ2) is 5.22. The minimum absolute atomic E-state index is 0.153. The van der Waals surface area contributed by atoms with E-state index in [9.17, 15) is 4.79 Å². The second-order valence-corrected chi connectivity index (χ2v) is 5.16. The number of pyridine rings is 1. The number of amides is 1. The van der Waals surface area contributed by atoms with Gasteiger partial charge in [-0.15, -0.1) is 0 Å². The SMILES string of the molecule is NC(=O)c1c([C@H]2CCN(CCO)C2)nn2ccccc12. The first-order valence-corrected chi connectivity index (χ1v) is 6.81.